The summed E-state index contributed by atoms with van der Waals surface area (Å²) in [5.74, 6) is 2.00. The van der Waals surface area contributed by atoms with E-state index in [2.05, 4.69) is 30.4 Å². The number of allylic oxidation sites excluding steroid dienone is 2. The van der Waals surface area contributed by atoms with Gasteiger partial charge in [-0.15, -0.1) is 5.10 Å². The Balaban J connectivity index is 1.39. The lowest BCUT2D eigenvalue weighted by molar-refractivity contribution is -0.114. The highest BCUT2D eigenvalue weighted by Gasteiger charge is 2.32. The van der Waals surface area contributed by atoms with Crippen molar-refractivity contribution >= 4 is 35.1 Å². The zero-order valence-corrected chi connectivity index (χ0v) is 22.4. The fourth-order valence-electron chi connectivity index (χ4n) is 4.43. The van der Waals surface area contributed by atoms with Crippen molar-refractivity contribution in [3.05, 3.63) is 111 Å². The molecule has 1 aliphatic rings. The molecule has 1 aliphatic heterocycles. The van der Waals surface area contributed by atoms with Crippen LogP contribution < -0.4 is 10.1 Å². The highest BCUT2D eigenvalue weighted by molar-refractivity contribution is 7.98. The number of nitrogens with one attached hydrogen (secondary N) is 1. The van der Waals surface area contributed by atoms with E-state index in [1.807, 2.05) is 61.5 Å². The third kappa shape index (κ3) is 5.58. The summed E-state index contributed by atoms with van der Waals surface area (Å²) in [4.78, 5) is 17.4. The fraction of sp³-hybridized carbons (Fsp3) is 0.207. The Morgan fingerprint density at radius 2 is 1.86 bits per heavy atom. The third-order valence-corrected chi connectivity index (χ3v) is 7.47. The van der Waals surface area contributed by atoms with Crippen LogP contribution in [0.3, 0.4) is 0 Å². The number of fused-ring (bicyclic) bond motifs is 1. The first-order valence-electron chi connectivity index (χ1n) is 12.0. The summed E-state index contributed by atoms with van der Waals surface area (Å²) in [5.41, 5.74) is 5.71. The topological polar surface area (TPSA) is 69.0 Å². The lowest BCUT2D eigenvalue weighted by atomic mass is 9.93. The number of nitrogens with zero attached hydrogens (tertiary/aromatic N) is 3. The SMILES string of the molecule is CC(=O)C1=C(C)Nc2nc(SCc3ccccc3Cl)nn2C1c1ccc(OCc2cccc(C)c2)cc1. The molecule has 2 heterocycles. The molecule has 1 unspecified atom stereocenters. The molecule has 188 valence electrons. The van der Waals surface area contributed by atoms with Crippen molar-refractivity contribution in [2.45, 2.75) is 44.3 Å². The number of hydrogen-bond acceptors (Lipinski definition) is 6. The van der Waals surface area contributed by atoms with E-state index in [4.69, 9.17) is 26.4 Å². The molecule has 5 rings (SSSR count). The van der Waals surface area contributed by atoms with Crippen molar-refractivity contribution in [1.29, 1.82) is 0 Å². The quantitative estimate of drug-likeness (QED) is 0.248. The number of aromatic nitrogens is 3. The first kappa shape index (κ1) is 25.1. The summed E-state index contributed by atoms with van der Waals surface area (Å²) in [6.45, 7) is 6.05. The number of carbonyl (C=O) groups excluding carboxylic acids is 1. The van der Waals surface area contributed by atoms with Gasteiger partial charge in [-0.3, -0.25) is 4.79 Å². The van der Waals surface area contributed by atoms with Gasteiger partial charge >= 0.3 is 0 Å². The van der Waals surface area contributed by atoms with Gasteiger partial charge in [0.2, 0.25) is 11.1 Å². The van der Waals surface area contributed by atoms with Crippen molar-refractivity contribution in [2.75, 3.05) is 5.32 Å². The maximum Gasteiger partial charge on any atom is 0.227 e. The van der Waals surface area contributed by atoms with Gasteiger partial charge in [-0.05, 0) is 55.7 Å². The molecule has 0 bridgehead atoms. The average molecular weight is 531 g/mol. The number of halogens is 1. The first-order valence-corrected chi connectivity index (χ1v) is 13.3. The number of ketones is 1. The molecule has 0 amide bonds. The molecular formula is C29H27ClN4O2S. The van der Waals surface area contributed by atoms with Gasteiger partial charge in [0.05, 0.1) is 0 Å². The van der Waals surface area contributed by atoms with Gasteiger partial charge in [-0.1, -0.05) is 83.5 Å². The van der Waals surface area contributed by atoms with Crippen LogP contribution in [0.5, 0.6) is 5.75 Å². The van der Waals surface area contributed by atoms with Crippen molar-refractivity contribution in [3.8, 4) is 5.75 Å². The summed E-state index contributed by atoms with van der Waals surface area (Å²) in [6.07, 6.45) is 0. The minimum Gasteiger partial charge on any atom is -0.489 e. The van der Waals surface area contributed by atoms with Crippen LogP contribution in [-0.2, 0) is 17.2 Å². The van der Waals surface area contributed by atoms with Crippen LogP contribution in [0.2, 0.25) is 5.02 Å². The number of benzene rings is 3. The van der Waals surface area contributed by atoms with E-state index in [0.29, 0.717) is 29.0 Å². The Morgan fingerprint density at radius 3 is 2.59 bits per heavy atom. The number of rotatable bonds is 8. The second-order valence-corrected chi connectivity index (χ2v) is 10.4. The van der Waals surface area contributed by atoms with Crippen LogP contribution in [0, 0.1) is 6.92 Å². The average Bonchev–Trinajstić information content (AvgIpc) is 3.29. The van der Waals surface area contributed by atoms with Gasteiger partial charge in [0.15, 0.2) is 5.78 Å². The van der Waals surface area contributed by atoms with Crippen molar-refractivity contribution in [2.24, 2.45) is 0 Å². The van der Waals surface area contributed by atoms with E-state index in [1.165, 1.54) is 17.3 Å². The van der Waals surface area contributed by atoms with E-state index in [0.717, 1.165) is 33.2 Å². The highest BCUT2D eigenvalue weighted by Crippen LogP contribution is 2.37. The molecule has 0 aliphatic carbocycles. The van der Waals surface area contributed by atoms with E-state index < -0.39 is 0 Å². The number of thioether (sulfide) groups is 1. The Labute approximate surface area is 225 Å². The molecule has 8 heteroatoms. The first-order chi connectivity index (χ1) is 17.9. The highest BCUT2D eigenvalue weighted by atomic mass is 35.5. The predicted octanol–water partition coefficient (Wildman–Crippen LogP) is 6.99. The lowest BCUT2D eigenvalue weighted by Gasteiger charge is -2.28. The summed E-state index contributed by atoms with van der Waals surface area (Å²) in [6, 6.07) is 23.5. The molecule has 0 spiro atoms. The lowest BCUT2D eigenvalue weighted by Crippen LogP contribution is -2.27. The molecule has 3 aromatic carbocycles. The summed E-state index contributed by atoms with van der Waals surface area (Å²) in [5, 5.41) is 9.36. The maximum absolute atomic E-state index is 12.7. The molecule has 37 heavy (non-hydrogen) atoms. The second kappa shape index (κ2) is 10.8. The normalized spacial score (nSPS) is 14.8. The molecule has 0 fully saturated rings. The number of Topliss-reactive ketones (excluding diaryl/α,β-unsaturated/α-hetero) is 1. The Bertz CT molecular complexity index is 1480. The Hall–Kier alpha value is -3.55. The van der Waals surface area contributed by atoms with Crippen molar-refractivity contribution < 1.29 is 9.53 Å². The molecule has 0 saturated carbocycles. The van der Waals surface area contributed by atoms with Crippen molar-refractivity contribution in [1.82, 2.24) is 14.8 Å². The Morgan fingerprint density at radius 1 is 1.08 bits per heavy atom. The van der Waals surface area contributed by atoms with Crippen LogP contribution in [0.1, 0.15) is 42.1 Å². The molecule has 6 nitrogen and oxygen atoms in total. The van der Waals surface area contributed by atoms with Crippen LogP contribution in [0.4, 0.5) is 5.95 Å². The van der Waals surface area contributed by atoms with E-state index in [1.54, 1.807) is 11.6 Å². The molecule has 4 aromatic rings. The van der Waals surface area contributed by atoms with Gasteiger partial charge in [0.1, 0.15) is 18.4 Å². The fourth-order valence-corrected chi connectivity index (χ4v) is 5.54. The molecular weight excluding hydrogens is 504 g/mol. The Kier molecular flexibility index (Phi) is 7.35. The minimum absolute atomic E-state index is 0.0128. The van der Waals surface area contributed by atoms with E-state index in [9.17, 15) is 4.79 Å². The molecule has 0 radical (unpaired) electrons. The second-order valence-electron chi connectivity index (χ2n) is 9.01. The summed E-state index contributed by atoms with van der Waals surface area (Å²) >= 11 is 7.82. The third-order valence-electron chi connectivity index (χ3n) is 6.21. The smallest absolute Gasteiger partial charge is 0.227 e. The molecule has 1 aromatic heterocycles. The number of anilines is 1. The van der Waals surface area contributed by atoms with E-state index >= 15 is 0 Å². The summed E-state index contributed by atoms with van der Waals surface area (Å²) < 4.78 is 7.79. The monoisotopic (exact) mass is 530 g/mol. The van der Waals surface area contributed by atoms with Gasteiger partial charge < -0.3 is 10.1 Å². The zero-order valence-electron chi connectivity index (χ0n) is 20.9. The minimum atomic E-state index is -0.387. The summed E-state index contributed by atoms with van der Waals surface area (Å²) in [7, 11) is 0. The van der Waals surface area contributed by atoms with Crippen LogP contribution in [-0.4, -0.2) is 20.5 Å². The van der Waals surface area contributed by atoms with E-state index in [-0.39, 0.29) is 11.8 Å². The van der Waals surface area contributed by atoms with Crippen LogP contribution in [0.15, 0.2) is 89.2 Å². The number of hydrogen-bond donors (Lipinski definition) is 1. The predicted molar refractivity (Wildman–Crippen MR) is 148 cm³/mol. The van der Waals surface area contributed by atoms with Gasteiger partial charge in [-0.25, -0.2) is 4.68 Å². The maximum atomic E-state index is 12.7. The number of aryl methyl sites for hydroxylation is 1. The van der Waals surface area contributed by atoms with Gasteiger partial charge in [-0.2, -0.15) is 4.98 Å². The van der Waals surface area contributed by atoms with Crippen LogP contribution in [0.25, 0.3) is 0 Å². The largest absolute Gasteiger partial charge is 0.489 e. The standard InChI is InChI=1S/C29H27ClN4O2S/c1-18-7-6-8-21(15-18)16-36-24-13-11-22(12-14-24)27-26(20(3)35)19(2)31-28-32-29(33-34(27)28)37-17-23-9-4-5-10-25(23)30/h4-15,27H,16-17H2,1-3H3,(H,31,32,33). The molecule has 0 saturated heterocycles. The van der Waals surface area contributed by atoms with Crippen molar-refractivity contribution in [3.63, 3.8) is 0 Å². The molecule has 1 atom stereocenters. The molecule has 1 N–H and O–H groups in total. The van der Waals surface area contributed by atoms with Crippen LogP contribution >= 0.6 is 23.4 Å². The zero-order chi connectivity index (χ0) is 25.9. The van der Waals surface area contributed by atoms with Gasteiger partial charge in [0.25, 0.3) is 0 Å². The van der Waals surface area contributed by atoms with Gasteiger partial charge in [0, 0.05) is 22.0 Å². The number of carbonyl (C=O) groups is 1. The number of ether oxygens (including phenoxy) is 1.